The van der Waals surface area contributed by atoms with Crippen LogP contribution in [0.1, 0.15) is 13.8 Å². The van der Waals surface area contributed by atoms with Crippen molar-refractivity contribution in [3.05, 3.63) is 30.3 Å². The second-order valence-electron chi connectivity index (χ2n) is 5.32. The predicted molar refractivity (Wildman–Crippen MR) is 77.4 cm³/mol. The number of nitrogens with zero attached hydrogens (tertiary/aromatic N) is 2. The molecule has 0 N–H and O–H groups in total. The molecule has 0 aromatic heterocycles. The normalized spacial score (nSPS) is 10.8. The van der Waals surface area contributed by atoms with Gasteiger partial charge < -0.3 is 14.5 Å². The number of carbonyl (C=O) groups is 1. The van der Waals surface area contributed by atoms with Crippen LogP contribution in [0.2, 0.25) is 0 Å². The minimum atomic E-state index is -0.276. The summed E-state index contributed by atoms with van der Waals surface area (Å²) in [6.07, 6.45) is -0.276. The lowest BCUT2D eigenvalue weighted by atomic mass is 10.2. The number of likely N-dealkylation sites (N-methyl/N-ethyl adjacent to an activating group) is 1. The summed E-state index contributed by atoms with van der Waals surface area (Å²) in [5, 5.41) is 0. The molecule has 19 heavy (non-hydrogen) atoms. The van der Waals surface area contributed by atoms with Gasteiger partial charge in [-0.05, 0) is 32.1 Å². The van der Waals surface area contributed by atoms with Crippen molar-refractivity contribution in [2.45, 2.75) is 13.8 Å². The van der Waals surface area contributed by atoms with Crippen molar-refractivity contribution in [1.82, 2.24) is 9.80 Å². The molecule has 4 nitrogen and oxygen atoms in total. The van der Waals surface area contributed by atoms with E-state index in [0.29, 0.717) is 24.8 Å². The standard InChI is InChI=1S/C15H24N2O2/c1-13(2)12-17(11-10-16(3)4)15(18)19-14-8-6-5-7-9-14/h5-9,13H,10-12H2,1-4H3. The number of amides is 1. The van der Waals surface area contributed by atoms with E-state index in [4.69, 9.17) is 4.74 Å². The highest BCUT2D eigenvalue weighted by Crippen LogP contribution is 2.11. The number of hydrogen-bond acceptors (Lipinski definition) is 3. The average molecular weight is 264 g/mol. The third kappa shape index (κ3) is 6.25. The van der Waals surface area contributed by atoms with Gasteiger partial charge in [-0.2, -0.15) is 0 Å². The van der Waals surface area contributed by atoms with Crippen LogP contribution >= 0.6 is 0 Å². The molecule has 0 bridgehead atoms. The minimum Gasteiger partial charge on any atom is -0.410 e. The van der Waals surface area contributed by atoms with Crippen LogP contribution < -0.4 is 4.74 Å². The van der Waals surface area contributed by atoms with Gasteiger partial charge in [0.2, 0.25) is 0 Å². The van der Waals surface area contributed by atoms with Gasteiger partial charge in [0.1, 0.15) is 5.75 Å². The number of hydrogen-bond donors (Lipinski definition) is 0. The lowest BCUT2D eigenvalue weighted by Crippen LogP contribution is -2.40. The van der Waals surface area contributed by atoms with Gasteiger partial charge in [0.05, 0.1) is 0 Å². The molecule has 0 spiro atoms. The molecule has 0 fully saturated rings. The molecular weight excluding hydrogens is 240 g/mol. The molecule has 0 aliphatic heterocycles. The summed E-state index contributed by atoms with van der Waals surface area (Å²) in [6.45, 7) is 6.41. The van der Waals surface area contributed by atoms with E-state index in [1.807, 2.05) is 32.3 Å². The second-order valence-corrected chi connectivity index (χ2v) is 5.32. The summed E-state index contributed by atoms with van der Waals surface area (Å²) in [6, 6.07) is 9.19. The molecule has 4 heteroatoms. The zero-order valence-corrected chi connectivity index (χ0v) is 12.3. The number of carbonyl (C=O) groups excluding carboxylic acids is 1. The van der Waals surface area contributed by atoms with Crippen molar-refractivity contribution in [2.24, 2.45) is 5.92 Å². The summed E-state index contributed by atoms with van der Waals surface area (Å²) >= 11 is 0. The number of para-hydroxylation sites is 1. The Balaban J connectivity index is 2.60. The van der Waals surface area contributed by atoms with Crippen molar-refractivity contribution >= 4 is 6.09 Å². The Labute approximate surface area is 116 Å². The Kier molecular flexibility index (Phi) is 6.36. The number of rotatable bonds is 6. The third-order valence-corrected chi connectivity index (χ3v) is 2.61. The molecule has 0 aliphatic rings. The fourth-order valence-electron chi connectivity index (χ4n) is 1.67. The maximum absolute atomic E-state index is 12.1. The van der Waals surface area contributed by atoms with E-state index < -0.39 is 0 Å². The van der Waals surface area contributed by atoms with E-state index >= 15 is 0 Å². The lowest BCUT2D eigenvalue weighted by molar-refractivity contribution is 0.141. The second kappa shape index (κ2) is 7.79. The van der Waals surface area contributed by atoms with Crippen LogP contribution in [-0.4, -0.2) is 49.6 Å². The minimum absolute atomic E-state index is 0.276. The van der Waals surface area contributed by atoms with Gasteiger partial charge in [0.25, 0.3) is 0 Å². The largest absolute Gasteiger partial charge is 0.415 e. The molecule has 0 atom stereocenters. The third-order valence-electron chi connectivity index (χ3n) is 2.61. The Hall–Kier alpha value is -1.55. The molecule has 1 aromatic rings. The van der Waals surface area contributed by atoms with Crippen molar-refractivity contribution < 1.29 is 9.53 Å². The van der Waals surface area contributed by atoms with E-state index in [9.17, 15) is 4.79 Å². The van der Waals surface area contributed by atoms with Gasteiger partial charge in [-0.25, -0.2) is 4.79 Å². The predicted octanol–water partition coefficient (Wildman–Crippen LogP) is 2.71. The summed E-state index contributed by atoms with van der Waals surface area (Å²) in [7, 11) is 3.99. The van der Waals surface area contributed by atoms with E-state index in [1.54, 1.807) is 17.0 Å². The summed E-state index contributed by atoms with van der Waals surface area (Å²) in [4.78, 5) is 16.0. The van der Waals surface area contributed by atoms with E-state index in [0.717, 1.165) is 6.54 Å². The van der Waals surface area contributed by atoms with Crippen LogP contribution in [-0.2, 0) is 0 Å². The summed E-state index contributed by atoms with van der Waals surface area (Å²) in [5.74, 6) is 1.01. The first-order chi connectivity index (χ1) is 8.99. The quantitative estimate of drug-likeness (QED) is 0.792. The molecule has 0 saturated heterocycles. The van der Waals surface area contributed by atoms with Crippen LogP contribution in [0.4, 0.5) is 4.79 Å². The number of benzene rings is 1. The van der Waals surface area contributed by atoms with Crippen LogP contribution in [0, 0.1) is 5.92 Å². The van der Waals surface area contributed by atoms with Gasteiger partial charge in [-0.3, -0.25) is 0 Å². The summed E-state index contributed by atoms with van der Waals surface area (Å²) < 4.78 is 5.38. The zero-order chi connectivity index (χ0) is 14.3. The van der Waals surface area contributed by atoms with Gasteiger partial charge >= 0.3 is 6.09 Å². The molecular formula is C15H24N2O2. The fraction of sp³-hybridized carbons (Fsp3) is 0.533. The Morgan fingerprint density at radius 1 is 1.16 bits per heavy atom. The average Bonchev–Trinajstić information content (AvgIpc) is 2.35. The number of ether oxygens (including phenoxy) is 1. The first kappa shape index (κ1) is 15.5. The monoisotopic (exact) mass is 264 g/mol. The van der Waals surface area contributed by atoms with Gasteiger partial charge in [0, 0.05) is 19.6 Å². The van der Waals surface area contributed by atoms with Gasteiger partial charge in [-0.15, -0.1) is 0 Å². The maximum Gasteiger partial charge on any atom is 0.415 e. The molecule has 0 radical (unpaired) electrons. The Morgan fingerprint density at radius 3 is 2.32 bits per heavy atom. The Morgan fingerprint density at radius 2 is 1.79 bits per heavy atom. The highest BCUT2D eigenvalue weighted by molar-refractivity contribution is 5.70. The van der Waals surface area contributed by atoms with Crippen molar-refractivity contribution in [3.63, 3.8) is 0 Å². The molecule has 1 amide bonds. The highest BCUT2D eigenvalue weighted by Gasteiger charge is 2.17. The fourth-order valence-corrected chi connectivity index (χ4v) is 1.67. The smallest absolute Gasteiger partial charge is 0.410 e. The first-order valence-electron chi connectivity index (χ1n) is 6.65. The van der Waals surface area contributed by atoms with Crippen molar-refractivity contribution in [1.29, 1.82) is 0 Å². The molecule has 106 valence electrons. The van der Waals surface area contributed by atoms with Crippen LogP contribution in [0.5, 0.6) is 5.75 Å². The molecule has 0 saturated carbocycles. The van der Waals surface area contributed by atoms with Crippen LogP contribution in [0.25, 0.3) is 0 Å². The molecule has 0 heterocycles. The van der Waals surface area contributed by atoms with E-state index in [1.165, 1.54) is 0 Å². The lowest BCUT2D eigenvalue weighted by Gasteiger charge is -2.25. The SMILES string of the molecule is CC(C)CN(CCN(C)C)C(=O)Oc1ccccc1. The van der Waals surface area contributed by atoms with E-state index in [-0.39, 0.29) is 6.09 Å². The molecule has 1 aromatic carbocycles. The molecule has 1 rings (SSSR count). The van der Waals surface area contributed by atoms with Gasteiger partial charge in [-0.1, -0.05) is 32.0 Å². The topological polar surface area (TPSA) is 32.8 Å². The van der Waals surface area contributed by atoms with Crippen LogP contribution in [0.3, 0.4) is 0 Å². The Bertz CT molecular complexity index is 377. The van der Waals surface area contributed by atoms with Gasteiger partial charge in [0.15, 0.2) is 0 Å². The van der Waals surface area contributed by atoms with E-state index in [2.05, 4.69) is 18.7 Å². The van der Waals surface area contributed by atoms with Crippen molar-refractivity contribution in [2.75, 3.05) is 33.7 Å². The van der Waals surface area contributed by atoms with Crippen LogP contribution in [0.15, 0.2) is 30.3 Å². The molecule has 0 unspecified atom stereocenters. The van der Waals surface area contributed by atoms with Crippen molar-refractivity contribution in [3.8, 4) is 5.75 Å². The molecule has 0 aliphatic carbocycles. The zero-order valence-electron chi connectivity index (χ0n) is 12.3. The first-order valence-corrected chi connectivity index (χ1v) is 6.65. The highest BCUT2D eigenvalue weighted by atomic mass is 16.6. The maximum atomic E-state index is 12.1. The summed E-state index contributed by atoms with van der Waals surface area (Å²) in [5.41, 5.74) is 0.